The van der Waals surface area contributed by atoms with Gasteiger partial charge in [-0.2, -0.15) is 0 Å². The van der Waals surface area contributed by atoms with Crippen LogP contribution in [-0.4, -0.2) is 17.7 Å². The molecule has 2 unspecified atom stereocenters. The van der Waals surface area contributed by atoms with Gasteiger partial charge in [-0.25, -0.2) is 0 Å². The molecule has 0 bridgehead atoms. The van der Waals surface area contributed by atoms with Crippen LogP contribution in [0.25, 0.3) is 0 Å². The number of hydrogen-bond donors (Lipinski definition) is 1. The highest BCUT2D eigenvalue weighted by molar-refractivity contribution is 5.74. The summed E-state index contributed by atoms with van der Waals surface area (Å²) < 4.78 is 5.07. The van der Waals surface area contributed by atoms with Crippen LogP contribution >= 0.6 is 0 Å². The van der Waals surface area contributed by atoms with Gasteiger partial charge in [0.1, 0.15) is 5.60 Å². The minimum Gasteiger partial charge on any atom is -0.466 e. The van der Waals surface area contributed by atoms with E-state index in [1.165, 1.54) is 0 Å². The summed E-state index contributed by atoms with van der Waals surface area (Å²) in [5.41, 5.74) is -0.380. The van der Waals surface area contributed by atoms with Crippen molar-refractivity contribution in [2.45, 2.75) is 39.2 Å². The van der Waals surface area contributed by atoms with Gasteiger partial charge in [-0.15, -0.1) is 0 Å². The maximum absolute atomic E-state index is 12.0. The van der Waals surface area contributed by atoms with Crippen molar-refractivity contribution in [3.05, 3.63) is 35.9 Å². The van der Waals surface area contributed by atoms with Crippen molar-refractivity contribution in [1.29, 1.82) is 0 Å². The molecular formula is C15H22O3. The first-order chi connectivity index (χ1) is 8.60. The van der Waals surface area contributed by atoms with Crippen LogP contribution in [0.5, 0.6) is 0 Å². The lowest BCUT2D eigenvalue weighted by Gasteiger charge is -2.34. The maximum atomic E-state index is 12.0. The third-order valence-corrected chi connectivity index (χ3v) is 3.37. The minimum atomic E-state index is -1.15. The second-order valence-electron chi connectivity index (χ2n) is 4.36. The third-order valence-electron chi connectivity index (χ3n) is 3.37. The summed E-state index contributed by atoms with van der Waals surface area (Å²) in [7, 11) is 0. The summed E-state index contributed by atoms with van der Waals surface area (Å²) >= 11 is 0. The zero-order valence-corrected chi connectivity index (χ0v) is 11.3. The highest BCUT2D eigenvalue weighted by Gasteiger charge is 2.41. The van der Waals surface area contributed by atoms with E-state index in [2.05, 4.69) is 0 Å². The smallest absolute Gasteiger partial charge is 0.312 e. The van der Waals surface area contributed by atoms with E-state index in [4.69, 9.17) is 4.74 Å². The number of benzene rings is 1. The Hall–Kier alpha value is -1.35. The molecule has 0 spiro atoms. The van der Waals surface area contributed by atoms with Crippen molar-refractivity contribution in [1.82, 2.24) is 0 Å². The quantitative estimate of drug-likeness (QED) is 0.790. The van der Waals surface area contributed by atoms with Gasteiger partial charge >= 0.3 is 5.97 Å². The van der Waals surface area contributed by atoms with Crippen LogP contribution in [-0.2, 0) is 15.1 Å². The predicted molar refractivity (Wildman–Crippen MR) is 71.0 cm³/mol. The van der Waals surface area contributed by atoms with E-state index in [0.29, 0.717) is 19.4 Å². The predicted octanol–water partition coefficient (Wildman–Crippen LogP) is 2.87. The lowest BCUT2D eigenvalue weighted by molar-refractivity contribution is -0.160. The summed E-state index contributed by atoms with van der Waals surface area (Å²) in [4.78, 5) is 12.0. The second-order valence-corrected chi connectivity index (χ2v) is 4.36. The van der Waals surface area contributed by atoms with Crippen molar-refractivity contribution >= 4 is 5.97 Å². The topological polar surface area (TPSA) is 46.5 Å². The Bertz CT molecular complexity index is 375. The first kappa shape index (κ1) is 14.7. The van der Waals surface area contributed by atoms with Crippen molar-refractivity contribution in [3.63, 3.8) is 0 Å². The largest absolute Gasteiger partial charge is 0.466 e. The van der Waals surface area contributed by atoms with E-state index < -0.39 is 11.5 Å². The average molecular weight is 250 g/mol. The summed E-state index contributed by atoms with van der Waals surface area (Å²) in [6.07, 6.45) is 1.03. The highest BCUT2D eigenvalue weighted by atomic mass is 16.5. The number of hydrogen-bond acceptors (Lipinski definition) is 3. The number of ether oxygens (including phenoxy) is 1. The lowest BCUT2D eigenvalue weighted by atomic mass is 9.78. The monoisotopic (exact) mass is 250 g/mol. The number of aliphatic hydroxyl groups is 1. The molecule has 100 valence electrons. The van der Waals surface area contributed by atoms with Crippen LogP contribution in [0.4, 0.5) is 0 Å². The number of esters is 1. The zero-order valence-electron chi connectivity index (χ0n) is 11.3. The molecule has 0 saturated heterocycles. The van der Waals surface area contributed by atoms with E-state index in [9.17, 15) is 9.90 Å². The van der Waals surface area contributed by atoms with E-state index in [1.54, 1.807) is 6.92 Å². The molecule has 1 N–H and O–H groups in total. The molecule has 0 aliphatic heterocycles. The molecule has 0 aromatic heterocycles. The molecule has 1 aromatic carbocycles. The molecule has 0 radical (unpaired) electrons. The fraction of sp³-hybridized carbons (Fsp3) is 0.533. The van der Waals surface area contributed by atoms with E-state index in [1.807, 2.05) is 44.2 Å². The Morgan fingerprint density at radius 3 is 2.33 bits per heavy atom. The second kappa shape index (κ2) is 6.55. The van der Waals surface area contributed by atoms with Gasteiger partial charge in [0.15, 0.2) is 0 Å². The number of carbonyl (C=O) groups is 1. The van der Waals surface area contributed by atoms with E-state index >= 15 is 0 Å². The van der Waals surface area contributed by atoms with Crippen LogP contribution < -0.4 is 0 Å². The first-order valence-electron chi connectivity index (χ1n) is 6.54. The van der Waals surface area contributed by atoms with Gasteiger partial charge in [-0.3, -0.25) is 4.79 Å². The molecule has 18 heavy (non-hydrogen) atoms. The van der Waals surface area contributed by atoms with Crippen LogP contribution in [0.15, 0.2) is 30.3 Å². The van der Waals surface area contributed by atoms with Gasteiger partial charge in [0.25, 0.3) is 0 Å². The first-order valence-corrected chi connectivity index (χ1v) is 6.54. The van der Waals surface area contributed by atoms with Crippen LogP contribution in [0.1, 0.15) is 39.2 Å². The Morgan fingerprint density at radius 1 is 1.28 bits per heavy atom. The van der Waals surface area contributed by atoms with Crippen molar-refractivity contribution in [3.8, 4) is 0 Å². The summed E-state index contributed by atoms with van der Waals surface area (Å²) in [6.45, 7) is 5.89. The molecule has 3 nitrogen and oxygen atoms in total. The Kier molecular flexibility index (Phi) is 5.35. The van der Waals surface area contributed by atoms with Gasteiger partial charge in [0, 0.05) is 0 Å². The molecule has 0 fully saturated rings. The van der Waals surface area contributed by atoms with Crippen LogP contribution in [0.3, 0.4) is 0 Å². The normalized spacial score (nSPS) is 15.8. The molecule has 2 atom stereocenters. The molecule has 0 aliphatic rings. The molecule has 1 rings (SSSR count). The Morgan fingerprint density at radius 2 is 1.89 bits per heavy atom. The van der Waals surface area contributed by atoms with Gasteiger partial charge in [-0.1, -0.05) is 44.2 Å². The summed E-state index contributed by atoms with van der Waals surface area (Å²) in [6, 6.07) is 9.34. The van der Waals surface area contributed by atoms with E-state index in [-0.39, 0.29) is 5.97 Å². The van der Waals surface area contributed by atoms with Gasteiger partial charge < -0.3 is 9.84 Å². The highest BCUT2D eigenvalue weighted by Crippen LogP contribution is 2.35. The van der Waals surface area contributed by atoms with Crippen molar-refractivity contribution < 1.29 is 14.6 Å². The Labute approximate surface area is 109 Å². The standard InChI is InChI=1S/C15H22O3/c1-4-13(14(16)18-6-3)15(17,5-2)12-10-8-7-9-11-12/h7-11,13,17H,4-6H2,1-3H3. The molecule has 0 heterocycles. The van der Waals surface area contributed by atoms with Crippen molar-refractivity contribution in [2.24, 2.45) is 5.92 Å². The maximum Gasteiger partial charge on any atom is 0.312 e. The number of rotatable bonds is 6. The van der Waals surface area contributed by atoms with Crippen molar-refractivity contribution in [2.75, 3.05) is 6.61 Å². The minimum absolute atomic E-state index is 0.326. The average Bonchev–Trinajstić information content (AvgIpc) is 2.40. The number of carbonyl (C=O) groups excluding carboxylic acids is 1. The SMILES string of the molecule is CCOC(=O)C(CC)C(O)(CC)c1ccccc1. The molecule has 1 aromatic rings. The molecular weight excluding hydrogens is 228 g/mol. The fourth-order valence-electron chi connectivity index (χ4n) is 2.32. The van der Waals surface area contributed by atoms with E-state index in [0.717, 1.165) is 5.56 Å². The molecule has 0 saturated carbocycles. The van der Waals surface area contributed by atoms with Gasteiger partial charge in [-0.05, 0) is 25.3 Å². The van der Waals surface area contributed by atoms with Crippen LogP contribution in [0, 0.1) is 5.92 Å². The lowest BCUT2D eigenvalue weighted by Crippen LogP contribution is -2.40. The zero-order chi connectivity index (χ0) is 13.6. The van der Waals surface area contributed by atoms with Gasteiger partial charge in [0.2, 0.25) is 0 Å². The fourth-order valence-corrected chi connectivity index (χ4v) is 2.32. The van der Waals surface area contributed by atoms with Crippen LogP contribution in [0.2, 0.25) is 0 Å². The van der Waals surface area contributed by atoms with Gasteiger partial charge in [0.05, 0.1) is 12.5 Å². The summed E-state index contributed by atoms with van der Waals surface area (Å²) in [5.74, 6) is -0.849. The third kappa shape index (κ3) is 2.91. The Balaban J connectivity index is 3.09. The molecule has 0 aliphatic carbocycles. The summed E-state index contributed by atoms with van der Waals surface area (Å²) in [5, 5.41) is 10.8. The molecule has 3 heteroatoms. The molecule has 0 amide bonds.